The van der Waals surface area contributed by atoms with Crippen molar-refractivity contribution < 1.29 is 0 Å². The van der Waals surface area contributed by atoms with Gasteiger partial charge in [-0.25, -0.2) is 0 Å². The van der Waals surface area contributed by atoms with Crippen LogP contribution in [0.3, 0.4) is 0 Å². The Morgan fingerprint density at radius 1 is 1.50 bits per heavy atom. The first-order chi connectivity index (χ1) is 5.45. The topological polar surface area (TPSA) is 43.8 Å². The van der Waals surface area contributed by atoms with Crippen molar-refractivity contribution in [3.8, 4) is 0 Å². The Bertz CT molecular complexity index is 268. The molecule has 3 nitrogen and oxygen atoms in total. The fourth-order valence-corrected chi connectivity index (χ4v) is 1.18. The highest BCUT2D eigenvalue weighted by atomic mass is 15.3. The summed E-state index contributed by atoms with van der Waals surface area (Å²) >= 11 is 0. The summed E-state index contributed by atoms with van der Waals surface area (Å²) in [5.74, 6) is 0. The molecule has 0 aliphatic rings. The maximum absolute atomic E-state index is 5.82. The summed E-state index contributed by atoms with van der Waals surface area (Å²) in [7, 11) is 0. The van der Waals surface area contributed by atoms with Gasteiger partial charge < -0.3 is 5.73 Å². The Kier molecular flexibility index (Phi) is 2.13. The summed E-state index contributed by atoms with van der Waals surface area (Å²) in [5, 5.41) is 4.39. The molecule has 1 heterocycles. The molecule has 0 unspecified atom stereocenters. The Balaban J connectivity index is 3.08. The summed E-state index contributed by atoms with van der Waals surface area (Å²) in [6.45, 7) is 9.28. The van der Waals surface area contributed by atoms with Gasteiger partial charge in [-0.3, -0.25) is 4.68 Å². The monoisotopic (exact) mass is 167 g/mol. The number of hydrogen-bond donors (Lipinski definition) is 1. The van der Waals surface area contributed by atoms with Crippen LogP contribution in [0.15, 0.2) is 6.20 Å². The van der Waals surface area contributed by atoms with Crippen LogP contribution in [-0.4, -0.2) is 9.78 Å². The lowest BCUT2D eigenvalue weighted by atomic mass is 9.92. The highest BCUT2D eigenvalue weighted by Crippen LogP contribution is 2.25. The standard InChI is InChI=1S/C9H17N3/c1-5-12-6-7(10)8(11-12)9(2,3)4/h6H,5,10H2,1-4H3. The van der Waals surface area contributed by atoms with Crippen LogP contribution in [0.5, 0.6) is 0 Å². The minimum absolute atomic E-state index is 0.0461. The zero-order valence-electron chi connectivity index (χ0n) is 8.26. The Hall–Kier alpha value is -0.990. The van der Waals surface area contributed by atoms with Crippen LogP contribution in [0, 0.1) is 0 Å². The minimum atomic E-state index is 0.0461. The predicted molar refractivity (Wildman–Crippen MR) is 51.0 cm³/mol. The van der Waals surface area contributed by atoms with E-state index in [1.165, 1.54) is 0 Å². The molecule has 1 aromatic heterocycles. The molecule has 1 rings (SSSR count). The molecule has 12 heavy (non-hydrogen) atoms. The second-order valence-corrected chi connectivity index (χ2v) is 4.04. The average Bonchev–Trinajstić information content (AvgIpc) is 2.29. The predicted octanol–water partition coefficient (Wildman–Crippen LogP) is 1.78. The third kappa shape index (κ3) is 1.60. The van der Waals surface area contributed by atoms with Gasteiger partial charge in [0.1, 0.15) is 0 Å². The number of rotatable bonds is 1. The lowest BCUT2D eigenvalue weighted by Gasteiger charge is -2.15. The second kappa shape index (κ2) is 2.81. The number of nitrogens with two attached hydrogens (primary N) is 1. The Morgan fingerprint density at radius 2 is 2.08 bits per heavy atom. The number of nitrogen functional groups attached to an aromatic ring is 1. The molecule has 0 spiro atoms. The van der Waals surface area contributed by atoms with E-state index < -0.39 is 0 Å². The van der Waals surface area contributed by atoms with Gasteiger partial charge in [-0.15, -0.1) is 0 Å². The van der Waals surface area contributed by atoms with E-state index >= 15 is 0 Å². The van der Waals surface area contributed by atoms with Crippen LogP contribution in [0.4, 0.5) is 5.69 Å². The molecule has 0 aliphatic heterocycles. The van der Waals surface area contributed by atoms with Gasteiger partial charge in [-0.2, -0.15) is 5.10 Å². The SMILES string of the molecule is CCn1cc(N)c(C(C)(C)C)n1. The van der Waals surface area contributed by atoms with E-state index in [0.29, 0.717) is 0 Å². The molecule has 0 amide bonds. The van der Waals surface area contributed by atoms with Crippen molar-refractivity contribution in [1.29, 1.82) is 0 Å². The van der Waals surface area contributed by atoms with E-state index in [0.717, 1.165) is 17.9 Å². The van der Waals surface area contributed by atoms with Crippen LogP contribution in [0.2, 0.25) is 0 Å². The van der Waals surface area contributed by atoms with Gasteiger partial charge in [0, 0.05) is 18.2 Å². The quantitative estimate of drug-likeness (QED) is 0.693. The van der Waals surface area contributed by atoms with Crippen LogP contribution in [0.1, 0.15) is 33.4 Å². The molecule has 0 atom stereocenters. The number of aromatic nitrogens is 2. The second-order valence-electron chi connectivity index (χ2n) is 4.04. The normalized spacial score (nSPS) is 12.0. The van der Waals surface area contributed by atoms with Crippen molar-refractivity contribution in [3.05, 3.63) is 11.9 Å². The Labute approximate surface area is 73.6 Å². The number of aryl methyl sites for hydroxylation is 1. The van der Waals surface area contributed by atoms with Crippen molar-refractivity contribution in [1.82, 2.24) is 9.78 Å². The molecule has 0 saturated heterocycles. The molecular weight excluding hydrogens is 150 g/mol. The fourth-order valence-electron chi connectivity index (χ4n) is 1.18. The summed E-state index contributed by atoms with van der Waals surface area (Å²) in [6, 6.07) is 0. The summed E-state index contributed by atoms with van der Waals surface area (Å²) < 4.78 is 1.87. The molecule has 2 N–H and O–H groups in total. The number of anilines is 1. The molecular formula is C9H17N3. The lowest BCUT2D eigenvalue weighted by Crippen LogP contribution is -2.14. The first-order valence-corrected chi connectivity index (χ1v) is 4.28. The fraction of sp³-hybridized carbons (Fsp3) is 0.667. The van der Waals surface area contributed by atoms with Gasteiger partial charge in [-0.1, -0.05) is 20.8 Å². The Morgan fingerprint density at radius 3 is 2.33 bits per heavy atom. The van der Waals surface area contributed by atoms with Crippen molar-refractivity contribution in [3.63, 3.8) is 0 Å². The number of nitrogens with zero attached hydrogens (tertiary/aromatic N) is 2. The van der Waals surface area contributed by atoms with Crippen molar-refractivity contribution in [2.24, 2.45) is 0 Å². The van der Waals surface area contributed by atoms with E-state index in [1.807, 2.05) is 10.9 Å². The van der Waals surface area contributed by atoms with Gasteiger partial charge in [0.05, 0.1) is 11.4 Å². The van der Waals surface area contributed by atoms with Crippen molar-refractivity contribution in [2.45, 2.75) is 39.7 Å². The van der Waals surface area contributed by atoms with E-state index in [1.54, 1.807) is 0 Å². The van der Waals surface area contributed by atoms with Gasteiger partial charge in [-0.05, 0) is 6.92 Å². The van der Waals surface area contributed by atoms with Crippen LogP contribution >= 0.6 is 0 Å². The van der Waals surface area contributed by atoms with E-state index in [4.69, 9.17) is 5.73 Å². The maximum Gasteiger partial charge on any atom is 0.0907 e. The van der Waals surface area contributed by atoms with Gasteiger partial charge >= 0.3 is 0 Å². The highest BCUT2D eigenvalue weighted by Gasteiger charge is 2.20. The summed E-state index contributed by atoms with van der Waals surface area (Å²) in [6.07, 6.45) is 1.89. The minimum Gasteiger partial charge on any atom is -0.396 e. The first-order valence-electron chi connectivity index (χ1n) is 4.28. The lowest BCUT2D eigenvalue weighted by molar-refractivity contribution is 0.542. The molecule has 0 aromatic carbocycles. The molecule has 68 valence electrons. The van der Waals surface area contributed by atoms with Crippen molar-refractivity contribution in [2.75, 3.05) is 5.73 Å². The average molecular weight is 167 g/mol. The third-order valence-electron chi connectivity index (χ3n) is 1.82. The smallest absolute Gasteiger partial charge is 0.0907 e. The highest BCUT2D eigenvalue weighted by molar-refractivity contribution is 5.44. The van der Waals surface area contributed by atoms with Crippen LogP contribution < -0.4 is 5.73 Å². The zero-order chi connectivity index (χ0) is 9.35. The van der Waals surface area contributed by atoms with Crippen molar-refractivity contribution >= 4 is 5.69 Å². The molecule has 0 aliphatic carbocycles. The molecule has 0 saturated carbocycles. The summed E-state index contributed by atoms with van der Waals surface area (Å²) in [5.41, 5.74) is 7.65. The largest absolute Gasteiger partial charge is 0.396 e. The maximum atomic E-state index is 5.82. The molecule has 0 radical (unpaired) electrons. The van der Waals surface area contributed by atoms with Gasteiger partial charge in [0.2, 0.25) is 0 Å². The molecule has 0 bridgehead atoms. The summed E-state index contributed by atoms with van der Waals surface area (Å²) in [4.78, 5) is 0. The first kappa shape index (κ1) is 9.10. The van der Waals surface area contributed by atoms with E-state index in [-0.39, 0.29) is 5.41 Å². The van der Waals surface area contributed by atoms with E-state index in [9.17, 15) is 0 Å². The molecule has 3 heteroatoms. The third-order valence-corrected chi connectivity index (χ3v) is 1.82. The van der Waals surface area contributed by atoms with Gasteiger partial charge in [0.15, 0.2) is 0 Å². The van der Waals surface area contributed by atoms with Crippen LogP contribution in [-0.2, 0) is 12.0 Å². The molecule has 0 fully saturated rings. The zero-order valence-corrected chi connectivity index (χ0v) is 8.26. The molecule has 1 aromatic rings. The van der Waals surface area contributed by atoms with E-state index in [2.05, 4.69) is 32.8 Å². The van der Waals surface area contributed by atoms with Crippen LogP contribution in [0.25, 0.3) is 0 Å². The van der Waals surface area contributed by atoms with Gasteiger partial charge in [0.25, 0.3) is 0 Å². The number of hydrogen-bond acceptors (Lipinski definition) is 2.